The number of nitrogens with zero attached hydrogens (tertiary/aromatic N) is 1. The molecule has 2 aromatic carbocycles. The van der Waals surface area contributed by atoms with Gasteiger partial charge >= 0.3 is 5.97 Å². The summed E-state index contributed by atoms with van der Waals surface area (Å²) in [6.45, 7) is 0. The van der Waals surface area contributed by atoms with Crippen LogP contribution in [-0.4, -0.2) is 24.0 Å². The van der Waals surface area contributed by atoms with E-state index < -0.39 is 57.6 Å². The maximum atomic E-state index is 14.6. The van der Waals surface area contributed by atoms with Crippen molar-refractivity contribution in [3.05, 3.63) is 71.2 Å². The standard InChI is InChI=1S/C19H12F4N2O4/c1-28-9-4-2-3-8(7-9)11-12(20)14(22)16(15(23)13(11)21)25-18(24)17-10(19(26)27)5-6-29-17/h2-7H,1H3,(H2,24,25)(H,26,27). The van der Waals surface area contributed by atoms with Crippen LogP contribution in [0.25, 0.3) is 11.1 Å². The Kier molecular flexibility index (Phi) is 5.26. The fourth-order valence-corrected chi connectivity index (χ4v) is 2.60. The number of nitrogens with two attached hydrogens (primary N) is 1. The monoisotopic (exact) mass is 408 g/mol. The number of halogens is 4. The summed E-state index contributed by atoms with van der Waals surface area (Å²) in [6.07, 6.45) is 0.959. The molecule has 3 rings (SSSR count). The smallest absolute Gasteiger partial charge is 0.339 e. The Bertz CT molecular complexity index is 1110. The van der Waals surface area contributed by atoms with Crippen molar-refractivity contribution >= 4 is 17.5 Å². The van der Waals surface area contributed by atoms with E-state index >= 15 is 0 Å². The van der Waals surface area contributed by atoms with Crippen LogP contribution in [0.15, 0.2) is 46.0 Å². The van der Waals surface area contributed by atoms with Gasteiger partial charge in [-0.15, -0.1) is 0 Å². The highest BCUT2D eigenvalue weighted by atomic mass is 19.2. The zero-order valence-electron chi connectivity index (χ0n) is 14.7. The number of methoxy groups -OCH3 is 1. The van der Waals surface area contributed by atoms with Gasteiger partial charge in [0.2, 0.25) is 0 Å². The number of carbonyl (C=O) groups is 1. The number of hydrogen-bond acceptors (Lipinski definition) is 4. The molecule has 0 unspecified atom stereocenters. The second kappa shape index (κ2) is 7.66. The molecule has 3 N–H and O–H groups in total. The molecule has 0 amide bonds. The van der Waals surface area contributed by atoms with Crippen LogP contribution in [0, 0.1) is 23.3 Å². The van der Waals surface area contributed by atoms with Crippen molar-refractivity contribution in [2.45, 2.75) is 0 Å². The maximum absolute atomic E-state index is 14.6. The van der Waals surface area contributed by atoms with Crippen molar-refractivity contribution < 1.29 is 36.6 Å². The van der Waals surface area contributed by atoms with Crippen molar-refractivity contribution in [2.24, 2.45) is 10.7 Å². The van der Waals surface area contributed by atoms with E-state index in [1.54, 1.807) is 0 Å². The molecule has 0 atom stereocenters. The molecule has 0 fully saturated rings. The summed E-state index contributed by atoms with van der Waals surface area (Å²) < 4.78 is 67.9. The van der Waals surface area contributed by atoms with Crippen LogP contribution in [0.2, 0.25) is 0 Å². The van der Waals surface area contributed by atoms with Crippen molar-refractivity contribution in [1.82, 2.24) is 0 Å². The minimum atomic E-state index is -1.81. The Morgan fingerprint density at radius 2 is 1.76 bits per heavy atom. The molecule has 1 aromatic heterocycles. The van der Waals surface area contributed by atoms with Gasteiger partial charge in [0.05, 0.1) is 18.9 Å². The van der Waals surface area contributed by atoms with Crippen molar-refractivity contribution in [3.63, 3.8) is 0 Å². The number of furan rings is 1. The summed E-state index contributed by atoms with van der Waals surface area (Å²) in [6, 6.07) is 6.33. The van der Waals surface area contributed by atoms with Crippen molar-refractivity contribution in [2.75, 3.05) is 7.11 Å². The van der Waals surface area contributed by atoms with Gasteiger partial charge in [0.15, 0.2) is 34.9 Å². The molecule has 1 heterocycles. The zero-order valence-corrected chi connectivity index (χ0v) is 14.7. The molecule has 0 aliphatic heterocycles. The first kappa shape index (κ1) is 19.9. The average molecular weight is 408 g/mol. The van der Waals surface area contributed by atoms with Crippen LogP contribution in [-0.2, 0) is 0 Å². The lowest BCUT2D eigenvalue weighted by atomic mass is 10.0. The highest BCUT2D eigenvalue weighted by Crippen LogP contribution is 2.37. The van der Waals surface area contributed by atoms with E-state index in [1.807, 2.05) is 0 Å². The van der Waals surface area contributed by atoms with Crippen LogP contribution in [0.5, 0.6) is 5.75 Å². The van der Waals surface area contributed by atoms with Gasteiger partial charge in [-0.05, 0) is 23.8 Å². The second-order valence-corrected chi connectivity index (χ2v) is 5.68. The molecule has 0 saturated heterocycles. The van der Waals surface area contributed by atoms with E-state index in [0.717, 1.165) is 12.3 Å². The minimum Gasteiger partial charge on any atom is -0.497 e. The molecule has 0 spiro atoms. The Labute approximate surface area is 160 Å². The van der Waals surface area contributed by atoms with E-state index in [9.17, 15) is 22.4 Å². The van der Waals surface area contributed by atoms with E-state index in [-0.39, 0.29) is 11.3 Å². The fraction of sp³-hybridized carbons (Fsp3) is 0.0526. The molecule has 29 heavy (non-hydrogen) atoms. The van der Waals surface area contributed by atoms with E-state index in [2.05, 4.69) is 4.99 Å². The summed E-state index contributed by atoms with van der Waals surface area (Å²) in [4.78, 5) is 14.4. The molecule has 6 nitrogen and oxygen atoms in total. The summed E-state index contributed by atoms with van der Waals surface area (Å²) in [7, 11) is 1.31. The van der Waals surface area contributed by atoms with E-state index in [0.29, 0.717) is 0 Å². The third-order valence-electron chi connectivity index (χ3n) is 3.96. The minimum absolute atomic E-state index is 0.167. The van der Waals surface area contributed by atoms with Crippen LogP contribution in [0.1, 0.15) is 16.1 Å². The third kappa shape index (κ3) is 3.51. The summed E-state index contributed by atoms with van der Waals surface area (Å²) >= 11 is 0. The number of ether oxygens (including phenoxy) is 1. The summed E-state index contributed by atoms with van der Waals surface area (Å²) in [5.41, 5.74) is 2.60. The lowest BCUT2D eigenvalue weighted by molar-refractivity contribution is 0.0696. The van der Waals surface area contributed by atoms with Crippen molar-refractivity contribution in [3.8, 4) is 16.9 Å². The van der Waals surface area contributed by atoms with Gasteiger partial charge in [-0.3, -0.25) is 0 Å². The number of rotatable bonds is 5. The van der Waals surface area contributed by atoms with Crippen LogP contribution in [0.3, 0.4) is 0 Å². The van der Waals surface area contributed by atoms with Crippen LogP contribution < -0.4 is 10.5 Å². The first-order chi connectivity index (χ1) is 13.8. The van der Waals surface area contributed by atoms with Gasteiger partial charge in [0, 0.05) is 0 Å². The van der Waals surface area contributed by atoms with E-state index in [4.69, 9.17) is 20.0 Å². The van der Waals surface area contributed by atoms with Gasteiger partial charge in [-0.1, -0.05) is 12.1 Å². The number of benzene rings is 2. The topological polar surface area (TPSA) is 98.0 Å². The van der Waals surface area contributed by atoms with Crippen LogP contribution in [0.4, 0.5) is 23.2 Å². The number of aromatic carboxylic acids is 1. The van der Waals surface area contributed by atoms with Crippen LogP contribution >= 0.6 is 0 Å². The van der Waals surface area contributed by atoms with Gasteiger partial charge in [0.25, 0.3) is 0 Å². The lowest BCUT2D eigenvalue weighted by Gasteiger charge is -2.11. The molecule has 3 aromatic rings. The van der Waals surface area contributed by atoms with Gasteiger partial charge in [-0.2, -0.15) is 0 Å². The molecule has 150 valence electrons. The van der Waals surface area contributed by atoms with Gasteiger partial charge in [-0.25, -0.2) is 27.3 Å². The molecule has 0 radical (unpaired) electrons. The highest BCUT2D eigenvalue weighted by Gasteiger charge is 2.27. The largest absolute Gasteiger partial charge is 0.497 e. The first-order valence-electron chi connectivity index (χ1n) is 7.92. The number of aliphatic imine (C=N–C) groups is 1. The maximum Gasteiger partial charge on any atom is 0.339 e. The SMILES string of the molecule is COc1cccc(-c2c(F)c(F)c(N=C(N)c3occc3C(=O)O)c(F)c2F)c1. The number of hydrogen-bond donors (Lipinski definition) is 2. The second-order valence-electron chi connectivity index (χ2n) is 5.68. The highest BCUT2D eigenvalue weighted by molar-refractivity contribution is 6.05. The lowest BCUT2D eigenvalue weighted by Crippen LogP contribution is -2.16. The Hall–Kier alpha value is -3.82. The van der Waals surface area contributed by atoms with Gasteiger partial charge < -0.3 is 20.0 Å². The molecule has 0 aliphatic carbocycles. The summed E-state index contributed by atoms with van der Waals surface area (Å²) in [5.74, 6) is -9.57. The number of carboxylic acids is 1. The fourth-order valence-electron chi connectivity index (χ4n) is 2.60. The Balaban J connectivity index is 2.17. The normalized spacial score (nSPS) is 11.6. The summed E-state index contributed by atoms with van der Waals surface area (Å²) in [5, 5.41) is 9.02. The third-order valence-corrected chi connectivity index (χ3v) is 3.96. The molecule has 0 aliphatic rings. The first-order valence-corrected chi connectivity index (χ1v) is 7.92. The van der Waals surface area contributed by atoms with E-state index in [1.165, 1.54) is 31.4 Å². The zero-order chi connectivity index (χ0) is 21.3. The average Bonchev–Trinajstić information content (AvgIpc) is 3.20. The molecule has 0 bridgehead atoms. The molecule has 10 heteroatoms. The molecular formula is C19H12F4N2O4. The predicted octanol–water partition coefficient (Wildman–Crippen LogP) is 4.25. The quantitative estimate of drug-likeness (QED) is 0.285. The molecule has 0 saturated carbocycles. The molecular weight excluding hydrogens is 396 g/mol. The Morgan fingerprint density at radius 3 is 2.34 bits per heavy atom. The number of amidine groups is 1. The predicted molar refractivity (Wildman–Crippen MR) is 94.3 cm³/mol. The Morgan fingerprint density at radius 1 is 1.10 bits per heavy atom. The van der Waals surface area contributed by atoms with Gasteiger partial charge in [0.1, 0.15) is 17.0 Å². The number of carboxylic acid groups (broad SMARTS) is 1. The van der Waals surface area contributed by atoms with Crippen molar-refractivity contribution in [1.29, 1.82) is 0 Å².